The molecule has 0 atom stereocenters. The maximum Gasteiger partial charge on any atom is 0.451 e. The van der Waals surface area contributed by atoms with Crippen LogP contribution >= 0.6 is 0 Å². The van der Waals surface area contributed by atoms with Crippen molar-refractivity contribution in [3.8, 4) is 0 Å². The number of rotatable bonds is 2. The molecule has 2 fully saturated rings. The fourth-order valence-electron chi connectivity index (χ4n) is 2.38. The first-order valence-corrected chi connectivity index (χ1v) is 6.50. The van der Waals surface area contributed by atoms with Crippen LogP contribution in [0.3, 0.4) is 0 Å². The highest BCUT2D eigenvalue weighted by atomic mass is 19.4. The molecule has 0 radical (unpaired) electrons. The number of alkyl halides is 3. The average Bonchev–Trinajstić information content (AvgIpc) is 3.28. The number of fused-ring (bicyclic) bond motifs is 1. The zero-order valence-electron chi connectivity index (χ0n) is 10.5. The summed E-state index contributed by atoms with van der Waals surface area (Å²) in [6, 6.07) is 0. The van der Waals surface area contributed by atoms with Crippen molar-refractivity contribution >= 4 is 11.2 Å². The molecule has 0 spiro atoms. The summed E-state index contributed by atoms with van der Waals surface area (Å²) in [7, 11) is 0. The van der Waals surface area contributed by atoms with Crippen molar-refractivity contribution in [2.45, 2.75) is 50.9 Å². The van der Waals surface area contributed by atoms with Crippen molar-refractivity contribution in [3.63, 3.8) is 0 Å². The first-order chi connectivity index (χ1) is 9.38. The van der Waals surface area contributed by atoms with Gasteiger partial charge in [-0.25, -0.2) is 15.0 Å². The van der Waals surface area contributed by atoms with E-state index in [1.807, 2.05) is 0 Å². The number of hydrogen-bond acceptors (Lipinski definition) is 4. The third-order valence-corrected chi connectivity index (χ3v) is 3.88. The van der Waals surface area contributed by atoms with Gasteiger partial charge in [-0.05, 0) is 25.7 Å². The molecule has 0 aliphatic heterocycles. The first kappa shape index (κ1) is 14.2. The fourth-order valence-corrected chi connectivity index (χ4v) is 2.38. The summed E-state index contributed by atoms with van der Waals surface area (Å²) in [5.74, 6) is -1.03. The molecule has 0 aromatic carbocycles. The van der Waals surface area contributed by atoms with Gasteiger partial charge >= 0.3 is 6.18 Å². The molecule has 0 bridgehead atoms. The Hall–Kier alpha value is -1.70. The lowest BCUT2D eigenvalue weighted by Crippen LogP contribution is -2.27. The minimum absolute atomic E-state index is 0. The predicted molar refractivity (Wildman–Crippen MR) is 70.4 cm³/mol. The van der Waals surface area contributed by atoms with Crippen LogP contribution in [0.4, 0.5) is 13.2 Å². The van der Waals surface area contributed by atoms with E-state index in [4.69, 9.17) is 5.73 Å². The topological polar surface area (TPSA) is 69.6 Å². The summed E-state index contributed by atoms with van der Waals surface area (Å²) >= 11 is 0. The Morgan fingerprint density at radius 2 is 1.90 bits per heavy atom. The van der Waals surface area contributed by atoms with Gasteiger partial charge in [0.15, 0.2) is 5.65 Å². The van der Waals surface area contributed by atoms with E-state index < -0.39 is 17.7 Å². The Morgan fingerprint density at radius 3 is 2.43 bits per heavy atom. The molecule has 21 heavy (non-hydrogen) atoms. The van der Waals surface area contributed by atoms with Gasteiger partial charge in [0.1, 0.15) is 5.52 Å². The average molecular weight is 299 g/mol. The normalized spacial score (nSPS) is 20.4. The van der Waals surface area contributed by atoms with E-state index in [1.165, 1.54) is 6.33 Å². The zero-order valence-corrected chi connectivity index (χ0v) is 10.5. The van der Waals surface area contributed by atoms with Crippen molar-refractivity contribution in [2.75, 3.05) is 0 Å². The van der Waals surface area contributed by atoms with Gasteiger partial charge in [-0.2, -0.15) is 13.2 Å². The van der Waals surface area contributed by atoms with Crippen molar-refractivity contribution < 1.29 is 13.2 Å². The number of nitrogens with two attached hydrogens (primary N) is 1. The molecule has 2 aromatic heterocycles. The van der Waals surface area contributed by atoms with Crippen LogP contribution in [0, 0.1) is 0 Å². The number of nitrogens with zero attached hydrogens (tertiary/aromatic N) is 4. The van der Waals surface area contributed by atoms with Crippen LogP contribution in [0.1, 0.15) is 50.5 Å². The molecular weight excluding hydrogens is 283 g/mol. The molecule has 0 unspecified atom stereocenters. The molecule has 2 N–H and O–H groups in total. The second-order valence-electron chi connectivity index (χ2n) is 5.59. The van der Waals surface area contributed by atoms with Crippen molar-refractivity contribution in [1.29, 1.82) is 0 Å². The number of imidazole rings is 1. The Balaban J connectivity index is 0.00000132. The van der Waals surface area contributed by atoms with Crippen LogP contribution in [-0.2, 0) is 11.8 Å². The molecule has 114 valence electrons. The van der Waals surface area contributed by atoms with Gasteiger partial charge in [0.05, 0.1) is 17.7 Å². The quantitative estimate of drug-likeness (QED) is 0.925. The molecular formula is C13H16F3N5. The monoisotopic (exact) mass is 299 g/mol. The third-order valence-electron chi connectivity index (χ3n) is 3.88. The number of aromatic nitrogens is 4. The molecule has 8 heteroatoms. The summed E-state index contributed by atoms with van der Waals surface area (Å²) in [5, 5.41) is 0. The zero-order chi connectivity index (χ0) is 14.1. The summed E-state index contributed by atoms with van der Waals surface area (Å²) in [5.41, 5.74) is 6.49. The van der Waals surface area contributed by atoms with Crippen LogP contribution in [0.5, 0.6) is 0 Å². The Morgan fingerprint density at radius 1 is 1.24 bits per heavy atom. The second kappa shape index (κ2) is 4.16. The molecule has 4 rings (SSSR count). The van der Waals surface area contributed by atoms with Crippen molar-refractivity contribution in [3.05, 3.63) is 17.8 Å². The lowest BCUT2D eigenvalue weighted by atomic mass is 10.2. The highest BCUT2D eigenvalue weighted by Crippen LogP contribution is 2.44. The maximum atomic E-state index is 12.9. The molecule has 2 aromatic rings. The summed E-state index contributed by atoms with van der Waals surface area (Å²) in [6.45, 7) is 0. The molecule has 2 aliphatic carbocycles. The predicted octanol–water partition coefficient (Wildman–Crippen LogP) is 2.76. The lowest BCUT2D eigenvalue weighted by molar-refractivity contribution is -0.144. The Bertz CT molecular complexity index is 698. The van der Waals surface area contributed by atoms with E-state index in [1.54, 1.807) is 4.57 Å². The molecule has 5 nitrogen and oxygen atoms in total. The molecule has 2 saturated carbocycles. The van der Waals surface area contributed by atoms with E-state index in [9.17, 15) is 13.2 Å². The van der Waals surface area contributed by atoms with Crippen LogP contribution < -0.4 is 5.73 Å². The highest BCUT2D eigenvalue weighted by Gasteiger charge is 2.44. The molecule has 0 saturated heterocycles. The van der Waals surface area contributed by atoms with Crippen LogP contribution in [0.25, 0.3) is 11.2 Å². The Labute approximate surface area is 119 Å². The van der Waals surface area contributed by atoms with E-state index in [2.05, 4.69) is 15.0 Å². The fraction of sp³-hybridized carbons (Fsp3) is 0.615. The third kappa shape index (κ3) is 2.17. The molecule has 2 heterocycles. The molecule has 2 aliphatic rings. The van der Waals surface area contributed by atoms with Gasteiger partial charge in [-0.15, -0.1) is 0 Å². The lowest BCUT2D eigenvalue weighted by Gasteiger charge is -2.13. The SMILES string of the molecule is C.NC1(n2cnc3c(C4CC4)nc(C(F)(F)F)nc32)CC1. The van der Waals surface area contributed by atoms with Gasteiger partial charge < -0.3 is 5.73 Å². The number of hydrogen-bond donors (Lipinski definition) is 1. The van der Waals surface area contributed by atoms with Gasteiger partial charge in [0.2, 0.25) is 5.82 Å². The number of halogens is 3. The van der Waals surface area contributed by atoms with Gasteiger partial charge in [-0.1, -0.05) is 7.43 Å². The van der Waals surface area contributed by atoms with Gasteiger partial charge in [-0.3, -0.25) is 4.57 Å². The first-order valence-electron chi connectivity index (χ1n) is 6.50. The standard InChI is InChI=1S/C12H12F3N5.CH4/c13-12(14,15)10-18-7(6-1-2-6)8-9(19-10)20(5-17-8)11(16)3-4-11;/h5-6H,1-4,16H2;1H4. The van der Waals surface area contributed by atoms with Crippen molar-refractivity contribution in [2.24, 2.45) is 5.73 Å². The van der Waals surface area contributed by atoms with E-state index in [0.717, 1.165) is 25.7 Å². The smallest absolute Gasteiger partial charge is 0.308 e. The van der Waals surface area contributed by atoms with Crippen LogP contribution in [-0.4, -0.2) is 19.5 Å². The van der Waals surface area contributed by atoms with Gasteiger partial charge in [0.25, 0.3) is 0 Å². The van der Waals surface area contributed by atoms with E-state index >= 15 is 0 Å². The minimum Gasteiger partial charge on any atom is -0.308 e. The van der Waals surface area contributed by atoms with Crippen molar-refractivity contribution in [1.82, 2.24) is 19.5 Å². The minimum atomic E-state index is -4.56. The van der Waals surface area contributed by atoms with Crippen LogP contribution in [0.2, 0.25) is 0 Å². The van der Waals surface area contributed by atoms with E-state index in [-0.39, 0.29) is 19.0 Å². The summed E-state index contributed by atoms with van der Waals surface area (Å²) in [4.78, 5) is 11.6. The largest absolute Gasteiger partial charge is 0.451 e. The van der Waals surface area contributed by atoms with Gasteiger partial charge in [0, 0.05) is 5.92 Å². The highest BCUT2D eigenvalue weighted by molar-refractivity contribution is 5.75. The summed E-state index contributed by atoms with van der Waals surface area (Å²) in [6.07, 6.45) is 0.0792. The molecule has 0 amide bonds. The summed E-state index contributed by atoms with van der Waals surface area (Å²) < 4.78 is 40.4. The second-order valence-corrected chi connectivity index (χ2v) is 5.59. The van der Waals surface area contributed by atoms with E-state index in [0.29, 0.717) is 11.2 Å². The maximum absolute atomic E-state index is 12.9. The van der Waals surface area contributed by atoms with Crippen LogP contribution in [0.15, 0.2) is 6.33 Å². The Kier molecular flexibility index (Phi) is 2.82.